The van der Waals surface area contributed by atoms with Gasteiger partial charge in [0.05, 0.1) is 0 Å². The van der Waals surface area contributed by atoms with Crippen molar-refractivity contribution in [1.29, 1.82) is 0 Å². The van der Waals surface area contributed by atoms with E-state index >= 15 is 0 Å². The van der Waals surface area contributed by atoms with E-state index < -0.39 is 8.07 Å². The van der Waals surface area contributed by atoms with Crippen LogP contribution in [0.2, 0.25) is 12.1 Å². The lowest BCUT2D eigenvalue weighted by atomic mass is 9.85. The van der Waals surface area contributed by atoms with Gasteiger partial charge in [-0.3, -0.25) is 0 Å². The molecule has 1 aliphatic carbocycles. The van der Waals surface area contributed by atoms with Crippen molar-refractivity contribution >= 4 is 19.3 Å². The molecule has 0 N–H and O–H groups in total. The minimum Gasteiger partial charge on any atom is -0.489 e. The Morgan fingerprint density at radius 1 is 1.10 bits per heavy atom. The first-order valence-corrected chi connectivity index (χ1v) is 13.4. The fraction of sp³-hybridized carbons (Fsp3) is 0.407. The Balaban J connectivity index is 2.29. The zero-order chi connectivity index (χ0) is 21.2. The average molecular weight is 405 g/mol. The van der Waals surface area contributed by atoms with Crippen molar-refractivity contribution in [2.75, 3.05) is 6.61 Å². The SMILES string of the molecule is C=CCOc1c(C(C)(C)C)cc(C)cc1[Si](CC)(CC)C1C=Cc2ccccc21. The van der Waals surface area contributed by atoms with Gasteiger partial charge in [0.1, 0.15) is 20.4 Å². The number of ether oxygens (including phenoxy) is 1. The molecule has 2 heteroatoms. The number of hydrogen-bond donors (Lipinski definition) is 0. The summed E-state index contributed by atoms with van der Waals surface area (Å²) >= 11 is 0. The van der Waals surface area contributed by atoms with Gasteiger partial charge in [-0.2, -0.15) is 0 Å². The zero-order valence-corrected chi connectivity index (χ0v) is 20.0. The zero-order valence-electron chi connectivity index (χ0n) is 19.0. The first-order chi connectivity index (χ1) is 13.8. The van der Waals surface area contributed by atoms with E-state index in [0.717, 1.165) is 5.75 Å². The van der Waals surface area contributed by atoms with Crippen LogP contribution in [0.1, 0.15) is 62.4 Å². The Kier molecular flexibility index (Phi) is 6.23. The number of rotatable bonds is 7. The number of hydrogen-bond acceptors (Lipinski definition) is 1. The van der Waals surface area contributed by atoms with E-state index in [9.17, 15) is 0 Å². The maximum absolute atomic E-state index is 6.45. The van der Waals surface area contributed by atoms with Crippen molar-refractivity contribution in [3.63, 3.8) is 0 Å². The van der Waals surface area contributed by atoms with Crippen molar-refractivity contribution in [2.24, 2.45) is 0 Å². The predicted molar refractivity (Wildman–Crippen MR) is 130 cm³/mol. The van der Waals surface area contributed by atoms with Gasteiger partial charge in [-0.15, -0.1) is 0 Å². The summed E-state index contributed by atoms with van der Waals surface area (Å²) in [5.41, 5.74) is 6.06. The highest BCUT2D eigenvalue weighted by atomic mass is 28.3. The van der Waals surface area contributed by atoms with E-state index in [2.05, 4.69) is 96.7 Å². The lowest BCUT2D eigenvalue weighted by molar-refractivity contribution is 0.353. The topological polar surface area (TPSA) is 9.23 Å². The molecule has 154 valence electrons. The quantitative estimate of drug-likeness (QED) is 0.360. The molecule has 1 atom stereocenters. The van der Waals surface area contributed by atoms with Gasteiger partial charge in [0, 0.05) is 5.54 Å². The standard InChI is InChI=1S/C27H36OSi/c1-8-17-28-26-23(27(5,6)7)18-20(4)19-25(26)29(9-2,10-3)24-16-15-21-13-11-12-14-22(21)24/h8,11-16,18-19,24H,1,9-10,17H2,2-7H3. The summed E-state index contributed by atoms with van der Waals surface area (Å²) in [5, 5.41) is 1.49. The molecule has 0 saturated carbocycles. The second-order valence-corrected chi connectivity index (χ2v) is 14.3. The third kappa shape index (κ3) is 3.87. The monoisotopic (exact) mass is 404 g/mol. The van der Waals surface area contributed by atoms with Crippen molar-refractivity contribution in [3.8, 4) is 5.75 Å². The van der Waals surface area contributed by atoms with E-state index in [0.29, 0.717) is 12.1 Å². The first-order valence-electron chi connectivity index (χ1n) is 10.9. The number of benzene rings is 2. The van der Waals surface area contributed by atoms with E-state index in [-0.39, 0.29) is 5.41 Å². The molecule has 3 rings (SSSR count). The molecule has 1 aliphatic rings. The maximum Gasteiger partial charge on any atom is 0.122 e. The highest BCUT2D eigenvalue weighted by Gasteiger charge is 2.44. The lowest BCUT2D eigenvalue weighted by Gasteiger charge is -2.39. The van der Waals surface area contributed by atoms with Crippen molar-refractivity contribution in [1.82, 2.24) is 0 Å². The molecule has 0 aromatic heterocycles. The Morgan fingerprint density at radius 2 is 1.79 bits per heavy atom. The predicted octanol–water partition coefficient (Wildman–Crippen LogP) is 6.90. The van der Waals surface area contributed by atoms with Crippen LogP contribution in [0.5, 0.6) is 5.75 Å². The summed E-state index contributed by atoms with van der Waals surface area (Å²) in [6.07, 6.45) is 6.67. The van der Waals surface area contributed by atoms with Crippen LogP contribution >= 0.6 is 0 Å². The Bertz CT molecular complexity index is 913. The molecule has 2 aromatic carbocycles. The smallest absolute Gasteiger partial charge is 0.122 e. The van der Waals surface area contributed by atoms with Crippen molar-refractivity contribution in [3.05, 3.63) is 77.4 Å². The molecule has 0 amide bonds. The Labute approximate surface area is 178 Å². The summed E-state index contributed by atoms with van der Waals surface area (Å²) in [5.74, 6) is 1.12. The number of allylic oxidation sites excluding steroid dienone is 1. The van der Waals surface area contributed by atoms with Crippen LogP contribution in [0.3, 0.4) is 0 Å². The van der Waals surface area contributed by atoms with Crippen molar-refractivity contribution in [2.45, 2.75) is 64.6 Å². The van der Waals surface area contributed by atoms with E-state index in [1.807, 2.05) is 6.08 Å². The molecule has 0 spiro atoms. The molecule has 0 heterocycles. The van der Waals surface area contributed by atoms with Crippen LogP contribution in [-0.4, -0.2) is 14.7 Å². The van der Waals surface area contributed by atoms with Crippen LogP contribution < -0.4 is 9.92 Å². The second kappa shape index (κ2) is 8.35. The van der Waals surface area contributed by atoms with E-state index in [4.69, 9.17) is 4.74 Å². The minimum atomic E-state index is -1.92. The van der Waals surface area contributed by atoms with Crippen molar-refractivity contribution < 1.29 is 4.74 Å². The normalized spacial score (nSPS) is 16.0. The molecule has 1 nitrogen and oxygen atoms in total. The Morgan fingerprint density at radius 3 is 2.41 bits per heavy atom. The fourth-order valence-corrected chi connectivity index (χ4v) is 9.94. The summed E-state index contributed by atoms with van der Waals surface area (Å²) in [4.78, 5) is 0. The highest BCUT2D eigenvalue weighted by Crippen LogP contribution is 2.43. The van der Waals surface area contributed by atoms with Gasteiger partial charge < -0.3 is 4.74 Å². The molecule has 0 fully saturated rings. The molecule has 0 saturated heterocycles. The molecule has 1 unspecified atom stereocenters. The van der Waals surface area contributed by atoms with Gasteiger partial charge in [-0.05, 0) is 34.2 Å². The van der Waals surface area contributed by atoms with Crippen LogP contribution in [0, 0.1) is 6.92 Å². The highest BCUT2D eigenvalue weighted by molar-refractivity contribution is 6.94. The molecular weight excluding hydrogens is 368 g/mol. The second-order valence-electron chi connectivity index (χ2n) is 9.37. The molecule has 2 aromatic rings. The molecule has 0 radical (unpaired) electrons. The maximum atomic E-state index is 6.45. The summed E-state index contributed by atoms with van der Waals surface area (Å²) in [6.45, 7) is 18.3. The van der Waals surface area contributed by atoms with Crippen LogP contribution in [0.4, 0.5) is 0 Å². The van der Waals surface area contributed by atoms with Gasteiger partial charge >= 0.3 is 0 Å². The van der Waals surface area contributed by atoms with Gasteiger partial charge in [0.15, 0.2) is 0 Å². The van der Waals surface area contributed by atoms with Crippen LogP contribution in [-0.2, 0) is 5.41 Å². The molecule has 0 bridgehead atoms. The van der Waals surface area contributed by atoms with Crippen LogP contribution in [0.15, 0.2) is 55.1 Å². The third-order valence-electron chi connectivity index (χ3n) is 6.58. The van der Waals surface area contributed by atoms with Gasteiger partial charge in [-0.1, -0.05) is 113 Å². The minimum absolute atomic E-state index is 0.0301. The van der Waals surface area contributed by atoms with Gasteiger partial charge in [0.2, 0.25) is 0 Å². The summed E-state index contributed by atoms with van der Waals surface area (Å²) < 4.78 is 6.45. The summed E-state index contributed by atoms with van der Waals surface area (Å²) in [6, 6.07) is 16.1. The third-order valence-corrected chi connectivity index (χ3v) is 12.2. The number of aryl methyl sites for hydroxylation is 1. The summed E-state index contributed by atoms with van der Waals surface area (Å²) in [7, 11) is -1.92. The van der Waals surface area contributed by atoms with Gasteiger partial charge in [-0.25, -0.2) is 0 Å². The fourth-order valence-electron chi connectivity index (χ4n) is 4.97. The molecule has 0 aliphatic heterocycles. The van der Waals surface area contributed by atoms with E-state index in [1.165, 1.54) is 39.5 Å². The first kappa shape index (κ1) is 21.6. The van der Waals surface area contributed by atoms with E-state index in [1.54, 1.807) is 0 Å². The largest absolute Gasteiger partial charge is 0.489 e. The lowest BCUT2D eigenvalue weighted by Crippen LogP contribution is -2.52. The van der Waals surface area contributed by atoms with Crippen LogP contribution in [0.25, 0.3) is 6.08 Å². The number of fused-ring (bicyclic) bond motifs is 1. The Hall–Kier alpha value is -2.06. The molecule has 29 heavy (non-hydrogen) atoms. The average Bonchev–Trinajstić information content (AvgIpc) is 3.12. The molecular formula is C27H36OSi. The van der Waals surface area contributed by atoms with Gasteiger partial charge in [0.25, 0.3) is 0 Å².